The number of nitrogens with zero attached hydrogens (tertiary/aromatic N) is 1. The molecule has 0 saturated heterocycles. The fourth-order valence-corrected chi connectivity index (χ4v) is 3.00. The van der Waals surface area contributed by atoms with E-state index in [1.807, 2.05) is 6.92 Å². The lowest BCUT2D eigenvalue weighted by Crippen LogP contribution is -2.13. The number of hydrogen-bond acceptors (Lipinski definition) is 5. The predicted molar refractivity (Wildman–Crippen MR) is 92.4 cm³/mol. The average molecular weight is 334 g/mol. The van der Waals surface area contributed by atoms with Crippen molar-refractivity contribution in [3.63, 3.8) is 0 Å². The second-order valence-corrected chi connectivity index (χ2v) is 6.86. The maximum atomic E-state index is 12.5. The number of carbonyl (C=O) groups is 1. The minimum Gasteiger partial charge on any atom is -0.491 e. The zero-order valence-corrected chi connectivity index (χ0v) is 14.4. The van der Waals surface area contributed by atoms with Gasteiger partial charge >= 0.3 is 0 Å². The SMILES string of the molecule is Cc1nc(CC(C)C)c(C(=O)Nc2ccc(OCCO)cc2)s1. The van der Waals surface area contributed by atoms with E-state index in [4.69, 9.17) is 9.84 Å². The van der Waals surface area contributed by atoms with Gasteiger partial charge in [-0.3, -0.25) is 4.79 Å². The van der Waals surface area contributed by atoms with Crippen molar-refractivity contribution in [2.24, 2.45) is 5.92 Å². The van der Waals surface area contributed by atoms with Gasteiger partial charge in [-0.15, -0.1) is 11.3 Å². The Labute approximate surface area is 140 Å². The van der Waals surface area contributed by atoms with Crippen LogP contribution in [0, 0.1) is 12.8 Å². The summed E-state index contributed by atoms with van der Waals surface area (Å²) < 4.78 is 5.30. The van der Waals surface area contributed by atoms with Crippen LogP contribution in [-0.4, -0.2) is 29.2 Å². The Morgan fingerprint density at radius 3 is 2.65 bits per heavy atom. The van der Waals surface area contributed by atoms with Crippen molar-refractivity contribution in [1.29, 1.82) is 0 Å². The molecule has 1 aromatic carbocycles. The summed E-state index contributed by atoms with van der Waals surface area (Å²) in [4.78, 5) is 17.6. The van der Waals surface area contributed by atoms with Gasteiger partial charge in [-0.2, -0.15) is 0 Å². The fourth-order valence-electron chi connectivity index (χ4n) is 2.16. The molecule has 0 aliphatic heterocycles. The molecule has 0 fully saturated rings. The van der Waals surface area contributed by atoms with Crippen LogP contribution in [0.1, 0.15) is 34.2 Å². The quantitative estimate of drug-likeness (QED) is 0.815. The maximum Gasteiger partial charge on any atom is 0.267 e. The van der Waals surface area contributed by atoms with Gasteiger partial charge in [-0.05, 0) is 43.5 Å². The van der Waals surface area contributed by atoms with E-state index in [2.05, 4.69) is 24.1 Å². The molecular weight excluding hydrogens is 312 g/mol. The Morgan fingerprint density at radius 2 is 2.04 bits per heavy atom. The lowest BCUT2D eigenvalue weighted by atomic mass is 10.1. The molecule has 0 saturated carbocycles. The van der Waals surface area contributed by atoms with E-state index in [1.54, 1.807) is 24.3 Å². The minimum atomic E-state index is -0.129. The van der Waals surface area contributed by atoms with Gasteiger partial charge < -0.3 is 15.2 Å². The van der Waals surface area contributed by atoms with Crippen molar-refractivity contribution in [1.82, 2.24) is 4.98 Å². The molecule has 0 bridgehead atoms. The molecular formula is C17H22N2O3S. The number of thiazole rings is 1. The summed E-state index contributed by atoms with van der Waals surface area (Å²) in [5.41, 5.74) is 1.57. The summed E-state index contributed by atoms with van der Waals surface area (Å²) in [6, 6.07) is 7.08. The topological polar surface area (TPSA) is 71.5 Å². The van der Waals surface area contributed by atoms with Crippen molar-refractivity contribution in [2.45, 2.75) is 27.2 Å². The van der Waals surface area contributed by atoms with Gasteiger partial charge in [0.05, 0.1) is 17.3 Å². The second kappa shape index (κ2) is 8.08. The normalized spacial score (nSPS) is 10.8. The minimum absolute atomic E-state index is 0.0259. The van der Waals surface area contributed by atoms with Crippen LogP contribution in [0.5, 0.6) is 5.75 Å². The van der Waals surface area contributed by atoms with Crippen LogP contribution in [0.25, 0.3) is 0 Å². The molecule has 124 valence electrons. The first-order valence-corrected chi connectivity index (χ1v) is 8.42. The van der Waals surface area contributed by atoms with Gasteiger partial charge in [-0.25, -0.2) is 4.98 Å². The van der Waals surface area contributed by atoms with Gasteiger partial charge in [0.15, 0.2) is 0 Å². The number of aryl methyl sites for hydroxylation is 1. The van der Waals surface area contributed by atoms with Crippen molar-refractivity contribution in [3.05, 3.63) is 39.8 Å². The summed E-state index contributed by atoms with van der Waals surface area (Å²) in [5, 5.41) is 12.5. The highest BCUT2D eigenvalue weighted by Crippen LogP contribution is 2.23. The summed E-state index contributed by atoms with van der Waals surface area (Å²) >= 11 is 1.42. The lowest BCUT2D eigenvalue weighted by Gasteiger charge is -2.08. The summed E-state index contributed by atoms with van der Waals surface area (Å²) in [7, 11) is 0. The number of aliphatic hydroxyl groups excluding tert-OH is 1. The third-order valence-electron chi connectivity index (χ3n) is 3.08. The number of nitrogens with one attached hydrogen (secondary N) is 1. The maximum absolute atomic E-state index is 12.5. The first-order chi connectivity index (χ1) is 11.0. The number of rotatable bonds is 7. The van der Waals surface area contributed by atoms with Crippen LogP contribution in [0.15, 0.2) is 24.3 Å². The zero-order valence-electron chi connectivity index (χ0n) is 13.6. The lowest BCUT2D eigenvalue weighted by molar-refractivity contribution is 0.102. The van der Waals surface area contributed by atoms with Crippen molar-refractivity contribution >= 4 is 22.9 Å². The first-order valence-electron chi connectivity index (χ1n) is 7.61. The van der Waals surface area contributed by atoms with E-state index in [1.165, 1.54) is 11.3 Å². The number of aromatic nitrogens is 1. The fraction of sp³-hybridized carbons (Fsp3) is 0.412. The Morgan fingerprint density at radius 1 is 1.35 bits per heavy atom. The highest BCUT2D eigenvalue weighted by atomic mass is 32.1. The van der Waals surface area contributed by atoms with E-state index >= 15 is 0 Å². The number of ether oxygens (including phenoxy) is 1. The predicted octanol–water partition coefficient (Wildman–Crippen LogP) is 3.27. The van der Waals surface area contributed by atoms with Crippen molar-refractivity contribution < 1.29 is 14.6 Å². The third-order valence-corrected chi connectivity index (χ3v) is 4.10. The van der Waals surface area contributed by atoms with Crippen LogP contribution in [0.4, 0.5) is 5.69 Å². The van der Waals surface area contributed by atoms with Crippen molar-refractivity contribution in [2.75, 3.05) is 18.5 Å². The monoisotopic (exact) mass is 334 g/mol. The number of carbonyl (C=O) groups excluding carboxylic acids is 1. The molecule has 0 unspecified atom stereocenters. The molecule has 1 aromatic heterocycles. The number of anilines is 1. The Balaban J connectivity index is 2.07. The van der Waals surface area contributed by atoms with E-state index in [-0.39, 0.29) is 19.1 Å². The molecule has 5 nitrogen and oxygen atoms in total. The van der Waals surface area contributed by atoms with Crippen LogP contribution in [-0.2, 0) is 6.42 Å². The van der Waals surface area contributed by atoms with E-state index < -0.39 is 0 Å². The average Bonchev–Trinajstić information content (AvgIpc) is 2.86. The van der Waals surface area contributed by atoms with Gasteiger partial charge in [0.2, 0.25) is 0 Å². The zero-order chi connectivity index (χ0) is 16.8. The number of aliphatic hydroxyl groups is 1. The summed E-state index contributed by atoms with van der Waals surface area (Å²) in [5.74, 6) is 0.979. The molecule has 2 aromatic rings. The van der Waals surface area contributed by atoms with Crippen LogP contribution in [0.3, 0.4) is 0 Å². The van der Waals surface area contributed by atoms with E-state index in [0.717, 1.165) is 17.1 Å². The molecule has 1 amide bonds. The first kappa shape index (κ1) is 17.4. The van der Waals surface area contributed by atoms with E-state index in [0.29, 0.717) is 22.2 Å². The number of hydrogen-bond donors (Lipinski definition) is 2. The Bertz CT molecular complexity index is 650. The summed E-state index contributed by atoms with van der Waals surface area (Å²) in [6.45, 7) is 6.37. The Kier molecular flexibility index (Phi) is 6.12. The molecule has 6 heteroatoms. The second-order valence-electron chi connectivity index (χ2n) is 5.66. The van der Waals surface area contributed by atoms with E-state index in [9.17, 15) is 4.79 Å². The number of benzene rings is 1. The third kappa shape index (κ3) is 5.04. The summed E-state index contributed by atoms with van der Waals surface area (Å²) in [6.07, 6.45) is 0.793. The molecule has 0 aliphatic rings. The van der Waals surface area contributed by atoms with Crippen LogP contribution >= 0.6 is 11.3 Å². The Hall–Kier alpha value is -1.92. The molecule has 0 spiro atoms. The molecule has 0 radical (unpaired) electrons. The highest BCUT2D eigenvalue weighted by molar-refractivity contribution is 7.13. The molecule has 0 atom stereocenters. The van der Waals surface area contributed by atoms with Gasteiger partial charge in [0, 0.05) is 5.69 Å². The number of amides is 1. The molecule has 0 aliphatic carbocycles. The van der Waals surface area contributed by atoms with Crippen LogP contribution < -0.4 is 10.1 Å². The highest BCUT2D eigenvalue weighted by Gasteiger charge is 2.17. The van der Waals surface area contributed by atoms with Crippen molar-refractivity contribution in [3.8, 4) is 5.75 Å². The largest absolute Gasteiger partial charge is 0.491 e. The molecule has 23 heavy (non-hydrogen) atoms. The van der Waals surface area contributed by atoms with Gasteiger partial charge in [-0.1, -0.05) is 13.8 Å². The smallest absolute Gasteiger partial charge is 0.267 e. The molecule has 1 heterocycles. The van der Waals surface area contributed by atoms with Gasteiger partial charge in [0.25, 0.3) is 5.91 Å². The standard InChI is InChI=1S/C17H22N2O3S/c1-11(2)10-15-16(23-12(3)18-15)17(21)19-13-4-6-14(7-5-13)22-9-8-20/h4-7,11,20H,8-10H2,1-3H3,(H,19,21). The molecule has 2 N–H and O–H groups in total. The van der Waals surface area contributed by atoms with Gasteiger partial charge in [0.1, 0.15) is 17.2 Å². The molecule has 2 rings (SSSR count). The van der Waals surface area contributed by atoms with Crippen LogP contribution in [0.2, 0.25) is 0 Å².